The molecule has 0 aromatic heterocycles. The molecule has 23 heavy (non-hydrogen) atoms. The van der Waals surface area contributed by atoms with Crippen LogP contribution in [-0.2, 0) is 20.7 Å². The van der Waals surface area contributed by atoms with Gasteiger partial charge in [-0.05, 0) is 54.7 Å². The minimum absolute atomic E-state index is 0.226. The van der Waals surface area contributed by atoms with Crippen LogP contribution in [0.15, 0.2) is 30.4 Å². The van der Waals surface area contributed by atoms with Crippen LogP contribution >= 0.6 is 0 Å². The van der Waals surface area contributed by atoms with Gasteiger partial charge >= 0.3 is 5.97 Å². The van der Waals surface area contributed by atoms with Crippen LogP contribution in [-0.4, -0.2) is 24.5 Å². The monoisotopic (exact) mass is 316 g/mol. The molecule has 1 N–H and O–H groups in total. The van der Waals surface area contributed by atoms with Gasteiger partial charge < -0.3 is 9.84 Å². The van der Waals surface area contributed by atoms with Crippen molar-refractivity contribution in [2.24, 2.45) is 5.92 Å². The zero-order valence-corrected chi connectivity index (χ0v) is 13.5. The molecule has 1 aliphatic carbocycles. The van der Waals surface area contributed by atoms with E-state index in [4.69, 9.17) is 0 Å². The quantitative estimate of drug-likeness (QED) is 0.475. The standard InChI is InChI=1S/C19H24O4/c1-23-18(21)12-4-8-15-7-3-11-17(19(15)22)16-10-2-6-14(16)9-5-13-20/h3,5,7,9,11,13-14,16,22H,2,4,6,8,10,12H2,1H3/b9-5+/t14?,16-/m0/s1. The predicted octanol–water partition coefficient (Wildman–Crippen LogP) is 3.53. The number of methoxy groups -OCH3 is 1. The number of esters is 1. The fourth-order valence-electron chi connectivity index (χ4n) is 3.43. The van der Waals surface area contributed by atoms with Crippen molar-refractivity contribution < 1.29 is 19.4 Å². The van der Waals surface area contributed by atoms with Gasteiger partial charge in [0.2, 0.25) is 0 Å². The largest absolute Gasteiger partial charge is 0.507 e. The van der Waals surface area contributed by atoms with Gasteiger partial charge in [0.25, 0.3) is 0 Å². The third kappa shape index (κ3) is 4.44. The fraction of sp³-hybridized carbons (Fsp3) is 0.474. The summed E-state index contributed by atoms with van der Waals surface area (Å²) in [6.07, 6.45) is 9.14. The summed E-state index contributed by atoms with van der Waals surface area (Å²) in [5, 5.41) is 10.6. The number of para-hydroxylation sites is 1. The zero-order chi connectivity index (χ0) is 16.7. The Balaban J connectivity index is 2.10. The molecule has 1 fully saturated rings. The Morgan fingerprint density at radius 3 is 2.96 bits per heavy atom. The summed E-state index contributed by atoms with van der Waals surface area (Å²) in [5.74, 6) is 0.674. The molecular formula is C19H24O4. The molecule has 0 radical (unpaired) electrons. The van der Waals surface area contributed by atoms with Gasteiger partial charge in [0.1, 0.15) is 12.0 Å². The third-order valence-corrected chi connectivity index (χ3v) is 4.61. The smallest absolute Gasteiger partial charge is 0.305 e. The molecule has 1 aromatic carbocycles. The maximum atomic E-state index is 11.2. The van der Waals surface area contributed by atoms with Crippen molar-refractivity contribution in [3.05, 3.63) is 41.5 Å². The topological polar surface area (TPSA) is 63.6 Å². The number of hydrogen-bond acceptors (Lipinski definition) is 4. The summed E-state index contributed by atoms with van der Waals surface area (Å²) in [6, 6.07) is 5.83. The number of aryl methyl sites for hydroxylation is 1. The summed E-state index contributed by atoms with van der Waals surface area (Å²) in [6.45, 7) is 0. The van der Waals surface area contributed by atoms with E-state index < -0.39 is 0 Å². The highest BCUT2D eigenvalue weighted by atomic mass is 16.5. The Morgan fingerprint density at radius 1 is 1.39 bits per heavy atom. The first-order valence-corrected chi connectivity index (χ1v) is 8.17. The molecule has 1 aliphatic rings. The average molecular weight is 316 g/mol. The molecule has 1 unspecified atom stereocenters. The highest BCUT2D eigenvalue weighted by Gasteiger charge is 2.29. The molecule has 124 valence electrons. The van der Waals surface area contributed by atoms with Crippen LogP contribution in [0.1, 0.15) is 49.1 Å². The maximum absolute atomic E-state index is 11.2. The van der Waals surface area contributed by atoms with E-state index in [1.807, 2.05) is 24.3 Å². The Morgan fingerprint density at radius 2 is 2.22 bits per heavy atom. The Bertz CT molecular complexity index is 577. The maximum Gasteiger partial charge on any atom is 0.305 e. The lowest BCUT2D eigenvalue weighted by Gasteiger charge is -2.19. The fourth-order valence-corrected chi connectivity index (χ4v) is 3.43. The molecule has 2 atom stereocenters. The summed E-state index contributed by atoms with van der Waals surface area (Å²) in [7, 11) is 1.38. The number of hydrogen-bond donors (Lipinski definition) is 1. The van der Waals surface area contributed by atoms with Gasteiger partial charge in [0, 0.05) is 6.42 Å². The number of benzene rings is 1. The predicted molar refractivity (Wildman–Crippen MR) is 88.3 cm³/mol. The van der Waals surface area contributed by atoms with E-state index in [0.717, 1.165) is 36.7 Å². The molecule has 0 amide bonds. The Kier molecular flexibility index (Phi) is 6.39. The van der Waals surface area contributed by atoms with E-state index >= 15 is 0 Å². The first kappa shape index (κ1) is 17.3. The van der Waals surface area contributed by atoms with Gasteiger partial charge in [-0.15, -0.1) is 0 Å². The van der Waals surface area contributed by atoms with E-state index in [2.05, 4.69) is 4.74 Å². The second-order valence-electron chi connectivity index (χ2n) is 6.01. The summed E-state index contributed by atoms with van der Waals surface area (Å²) in [4.78, 5) is 21.7. The highest BCUT2D eigenvalue weighted by molar-refractivity contribution is 5.69. The second-order valence-corrected chi connectivity index (χ2v) is 6.01. The number of carbonyl (C=O) groups is 2. The van der Waals surface area contributed by atoms with Crippen LogP contribution in [0.3, 0.4) is 0 Å². The van der Waals surface area contributed by atoms with Gasteiger partial charge in [0.05, 0.1) is 7.11 Å². The summed E-state index contributed by atoms with van der Waals surface area (Å²) in [5.41, 5.74) is 1.83. The Hall–Kier alpha value is -2.10. The van der Waals surface area contributed by atoms with E-state index in [1.54, 1.807) is 6.08 Å². The average Bonchev–Trinajstić information content (AvgIpc) is 3.02. The van der Waals surface area contributed by atoms with Gasteiger partial charge in [-0.1, -0.05) is 30.7 Å². The number of rotatable bonds is 7. The molecule has 0 spiro atoms. The molecule has 0 bridgehead atoms. The van der Waals surface area contributed by atoms with Gasteiger partial charge in [0.15, 0.2) is 0 Å². The first-order valence-electron chi connectivity index (χ1n) is 8.17. The molecule has 0 aliphatic heterocycles. The molecule has 0 heterocycles. The number of ether oxygens (including phenoxy) is 1. The van der Waals surface area contributed by atoms with Gasteiger partial charge in [-0.25, -0.2) is 0 Å². The van der Waals surface area contributed by atoms with E-state index in [1.165, 1.54) is 7.11 Å². The second kappa shape index (κ2) is 8.51. The van der Waals surface area contributed by atoms with E-state index in [0.29, 0.717) is 30.9 Å². The molecule has 1 saturated carbocycles. The molecule has 4 heteroatoms. The van der Waals surface area contributed by atoms with Crippen molar-refractivity contribution in [3.8, 4) is 5.75 Å². The normalized spacial score (nSPS) is 20.7. The van der Waals surface area contributed by atoms with E-state index in [-0.39, 0.29) is 11.9 Å². The third-order valence-electron chi connectivity index (χ3n) is 4.61. The highest BCUT2D eigenvalue weighted by Crippen LogP contribution is 2.44. The summed E-state index contributed by atoms with van der Waals surface area (Å²) < 4.78 is 4.64. The van der Waals surface area contributed by atoms with Crippen molar-refractivity contribution in [3.63, 3.8) is 0 Å². The molecule has 0 saturated heterocycles. The van der Waals surface area contributed by atoms with Crippen LogP contribution < -0.4 is 0 Å². The van der Waals surface area contributed by atoms with Crippen molar-refractivity contribution in [1.82, 2.24) is 0 Å². The molecular weight excluding hydrogens is 292 g/mol. The van der Waals surface area contributed by atoms with Crippen LogP contribution in [0.2, 0.25) is 0 Å². The lowest BCUT2D eigenvalue weighted by Crippen LogP contribution is -2.05. The Labute approximate surface area is 137 Å². The van der Waals surface area contributed by atoms with Crippen molar-refractivity contribution in [1.29, 1.82) is 0 Å². The first-order chi connectivity index (χ1) is 11.2. The lowest BCUT2D eigenvalue weighted by molar-refractivity contribution is -0.140. The zero-order valence-electron chi connectivity index (χ0n) is 13.5. The molecule has 1 aromatic rings. The van der Waals surface area contributed by atoms with Crippen LogP contribution in [0, 0.1) is 5.92 Å². The number of aromatic hydroxyl groups is 1. The molecule has 4 nitrogen and oxygen atoms in total. The number of aldehydes is 1. The van der Waals surface area contributed by atoms with Gasteiger partial charge in [-0.2, -0.15) is 0 Å². The lowest BCUT2D eigenvalue weighted by atomic mass is 9.86. The van der Waals surface area contributed by atoms with Crippen LogP contribution in [0.25, 0.3) is 0 Å². The number of phenols is 1. The SMILES string of the molecule is COC(=O)CCCc1cccc([C@H]2CCCC2/C=C/C=O)c1O. The minimum atomic E-state index is -0.226. The van der Waals surface area contributed by atoms with E-state index in [9.17, 15) is 14.7 Å². The van der Waals surface area contributed by atoms with Crippen LogP contribution in [0.5, 0.6) is 5.75 Å². The van der Waals surface area contributed by atoms with Crippen molar-refractivity contribution in [2.45, 2.75) is 44.4 Å². The number of carbonyl (C=O) groups excluding carboxylic acids is 2. The van der Waals surface area contributed by atoms with Crippen molar-refractivity contribution in [2.75, 3.05) is 7.11 Å². The molecule has 2 rings (SSSR count). The summed E-state index contributed by atoms with van der Waals surface area (Å²) >= 11 is 0. The van der Waals surface area contributed by atoms with Crippen LogP contribution in [0.4, 0.5) is 0 Å². The minimum Gasteiger partial charge on any atom is -0.507 e. The van der Waals surface area contributed by atoms with Crippen molar-refractivity contribution >= 4 is 12.3 Å². The number of allylic oxidation sites excluding steroid dienone is 2. The number of phenolic OH excluding ortho intramolecular Hbond substituents is 1. The van der Waals surface area contributed by atoms with Gasteiger partial charge in [-0.3, -0.25) is 9.59 Å².